The predicted octanol–water partition coefficient (Wildman–Crippen LogP) is 5.93. The van der Waals surface area contributed by atoms with Gasteiger partial charge in [-0.1, -0.05) is 42.8 Å². The number of nitrogens with zero attached hydrogens (tertiary/aromatic N) is 1. The van der Waals surface area contributed by atoms with E-state index in [1.807, 2.05) is 48.5 Å². The quantitative estimate of drug-likeness (QED) is 0.432. The number of amides is 1. The molecule has 1 unspecified atom stereocenters. The lowest BCUT2D eigenvalue weighted by atomic mass is 9.95. The van der Waals surface area contributed by atoms with Gasteiger partial charge in [-0.25, -0.2) is 0 Å². The molecular weight excluding hydrogens is 424 g/mol. The molecule has 0 aliphatic carbocycles. The highest BCUT2D eigenvalue weighted by molar-refractivity contribution is 6.04. The van der Waals surface area contributed by atoms with Gasteiger partial charge < -0.3 is 15.3 Å². The van der Waals surface area contributed by atoms with Gasteiger partial charge in [0.05, 0.1) is 0 Å². The summed E-state index contributed by atoms with van der Waals surface area (Å²) >= 11 is 0. The van der Waals surface area contributed by atoms with Gasteiger partial charge in [0.2, 0.25) is 0 Å². The lowest BCUT2D eigenvalue weighted by Gasteiger charge is -2.32. The molecule has 5 heteroatoms. The zero-order valence-electron chi connectivity index (χ0n) is 19.9. The standard InChI is InChI=1S/C29H32N2O3/c1-20(32)21-6-8-22(9-7-21)23-10-14-26(15-11-23)30-29(34)25-13-17-28(33)24(19-25)12-16-27-5-3-4-18-31(27)2/h6-11,13-15,17,19,27,33H,3-5,12,16,18H2,1-2H3,(H,30,34). The van der Waals surface area contributed by atoms with Crippen molar-refractivity contribution >= 4 is 17.4 Å². The van der Waals surface area contributed by atoms with Crippen LogP contribution in [0.5, 0.6) is 5.75 Å². The van der Waals surface area contributed by atoms with E-state index in [1.54, 1.807) is 25.1 Å². The fourth-order valence-electron chi connectivity index (χ4n) is 4.60. The number of carbonyl (C=O) groups excluding carboxylic acids is 2. The number of phenolic OH excluding ortho intramolecular Hbond substituents is 1. The Morgan fingerprint density at radius 3 is 2.24 bits per heavy atom. The molecule has 1 fully saturated rings. The van der Waals surface area contributed by atoms with Crippen molar-refractivity contribution in [3.05, 3.63) is 83.4 Å². The maximum absolute atomic E-state index is 12.9. The van der Waals surface area contributed by atoms with Gasteiger partial charge in [0.15, 0.2) is 5.78 Å². The van der Waals surface area contributed by atoms with Gasteiger partial charge in [-0.3, -0.25) is 9.59 Å². The van der Waals surface area contributed by atoms with Gasteiger partial charge in [-0.2, -0.15) is 0 Å². The molecule has 5 nitrogen and oxygen atoms in total. The van der Waals surface area contributed by atoms with Gasteiger partial charge >= 0.3 is 0 Å². The highest BCUT2D eigenvalue weighted by atomic mass is 16.3. The van der Waals surface area contributed by atoms with Crippen molar-refractivity contribution in [2.45, 2.75) is 45.1 Å². The first-order chi connectivity index (χ1) is 16.4. The number of aryl methyl sites for hydroxylation is 1. The Kier molecular flexibility index (Phi) is 7.43. The normalized spacial score (nSPS) is 16.2. The summed E-state index contributed by atoms with van der Waals surface area (Å²) in [6.07, 6.45) is 5.42. The molecule has 3 aromatic rings. The summed E-state index contributed by atoms with van der Waals surface area (Å²) in [6, 6.07) is 20.7. The van der Waals surface area contributed by atoms with Crippen molar-refractivity contribution < 1.29 is 14.7 Å². The summed E-state index contributed by atoms with van der Waals surface area (Å²) in [5.74, 6) is 0.0908. The number of anilines is 1. The van der Waals surface area contributed by atoms with E-state index >= 15 is 0 Å². The Morgan fingerprint density at radius 1 is 0.941 bits per heavy atom. The third-order valence-electron chi connectivity index (χ3n) is 6.78. The summed E-state index contributed by atoms with van der Waals surface area (Å²) in [4.78, 5) is 26.7. The van der Waals surface area contributed by atoms with Crippen LogP contribution in [-0.4, -0.2) is 41.3 Å². The van der Waals surface area contributed by atoms with Crippen LogP contribution in [0.3, 0.4) is 0 Å². The largest absolute Gasteiger partial charge is 0.508 e. The minimum absolute atomic E-state index is 0.0447. The molecule has 1 atom stereocenters. The van der Waals surface area contributed by atoms with Gasteiger partial charge in [0.25, 0.3) is 5.91 Å². The molecule has 0 bridgehead atoms. The smallest absolute Gasteiger partial charge is 0.255 e. The Hall–Kier alpha value is -3.44. The first kappa shape index (κ1) is 23.7. The molecule has 0 aromatic heterocycles. The molecule has 0 radical (unpaired) electrons. The van der Waals surface area contributed by atoms with Crippen molar-refractivity contribution in [2.24, 2.45) is 0 Å². The fourth-order valence-corrected chi connectivity index (χ4v) is 4.60. The number of benzene rings is 3. The summed E-state index contributed by atoms with van der Waals surface area (Å²) < 4.78 is 0. The first-order valence-electron chi connectivity index (χ1n) is 12.0. The van der Waals surface area contributed by atoms with Crippen molar-refractivity contribution in [1.29, 1.82) is 0 Å². The lowest BCUT2D eigenvalue weighted by molar-refractivity contribution is 0.101. The van der Waals surface area contributed by atoms with Crippen LogP contribution in [0, 0.1) is 0 Å². The molecule has 176 valence electrons. The molecule has 2 N–H and O–H groups in total. The second-order valence-corrected chi connectivity index (χ2v) is 9.18. The first-order valence-corrected chi connectivity index (χ1v) is 12.0. The summed E-state index contributed by atoms with van der Waals surface area (Å²) in [6.45, 7) is 2.68. The van der Waals surface area contributed by atoms with Gasteiger partial charge in [0, 0.05) is 22.9 Å². The van der Waals surface area contributed by atoms with Crippen LogP contribution in [-0.2, 0) is 6.42 Å². The number of carbonyl (C=O) groups is 2. The van der Waals surface area contributed by atoms with E-state index in [1.165, 1.54) is 19.3 Å². The molecule has 1 aliphatic heterocycles. The second kappa shape index (κ2) is 10.7. The number of aromatic hydroxyl groups is 1. The third kappa shape index (κ3) is 5.72. The number of likely N-dealkylation sites (tertiary alicyclic amines) is 1. The van der Waals surface area contributed by atoms with Crippen LogP contribution in [0.4, 0.5) is 5.69 Å². The van der Waals surface area contributed by atoms with E-state index in [9.17, 15) is 14.7 Å². The van der Waals surface area contributed by atoms with Crippen molar-refractivity contribution in [2.75, 3.05) is 18.9 Å². The maximum Gasteiger partial charge on any atom is 0.255 e. The lowest BCUT2D eigenvalue weighted by Crippen LogP contribution is -2.36. The molecule has 1 heterocycles. The number of hydrogen-bond acceptors (Lipinski definition) is 4. The molecule has 1 aliphatic rings. The van der Waals surface area contributed by atoms with Gasteiger partial charge in [-0.15, -0.1) is 0 Å². The monoisotopic (exact) mass is 456 g/mol. The van der Waals surface area contributed by atoms with E-state index in [0.29, 0.717) is 22.9 Å². The zero-order chi connectivity index (χ0) is 24.1. The van der Waals surface area contributed by atoms with Crippen LogP contribution in [0.2, 0.25) is 0 Å². The number of piperidine rings is 1. The summed E-state index contributed by atoms with van der Waals surface area (Å²) in [5, 5.41) is 13.3. The molecule has 4 rings (SSSR count). The van der Waals surface area contributed by atoms with Gasteiger partial charge in [-0.05, 0) is 93.2 Å². The second-order valence-electron chi connectivity index (χ2n) is 9.18. The minimum atomic E-state index is -0.199. The van der Waals surface area contributed by atoms with Crippen LogP contribution in [0.15, 0.2) is 66.7 Å². The number of ketones is 1. The molecular formula is C29H32N2O3. The molecule has 1 amide bonds. The molecule has 0 saturated carbocycles. The highest BCUT2D eigenvalue weighted by Gasteiger charge is 2.19. The van der Waals surface area contributed by atoms with Crippen LogP contribution < -0.4 is 5.32 Å². The Labute approximate surface area is 201 Å². The molecule has 0 spiro atoms. The van der Waals surface area contributed by atoms with Crippen LogP contribution in [0.25, 0.3) is 11.1 Å². The molecule has 1 saturated heterocycles. The molecule has 34 heavy (non-hydrogen) atoms. The zero-order valence-corrected chi connectivity index (χ0v) is 19.9. The van der Waals surface area contributed by atoms with Crippen molar-refractivity contribution in [1.82, 2.24) is 4.90 Å². The average Bonchev–Trinajstić information content (AvgIpc) is 2.85. The Morgan fingerprint density at radius 2 is 1.59 bits per heavy atom. The van der Waals surface area contributed by atoms with E-state index in [4.69, 9.17) is 0 Å². The van der Waals surface area contributed by atoms with Crippen molar-refractivity contribution in [3.8, 4) is 16.9 Å². The van der Waals surface area contributed by atoms with E-state index in [0.717, 1.165) is 36.1 Å². The predicted molar refractivity (Wildman–Crippen MR) is 137 cm³/mol. The summed E-state index contributed by atoms with van der Waals surface area (Å²) in [5.41, 5.74) is 4.76. The number of Topliss-reactive ketones (excluding diaryl/α,β-unsaturated/α-hetero) is 1. The number of nitrogens with one attached hydrogen (secondary N) is 1. The Balaban J connectivity index is 1.40. The number of phenols is 1. The topological polar surface area (TPSA) is 69.6 Å². The van der Waals surface area contributed by atoms with E-state index < -0.39 is 0 Å². The van der Waals surface area contributed by atoms with Crippen LogP contribution >= 0.6 is 0 Å². The van der Waals surface area contributed by atoms with E-state index in [-0.39, 0.29) is 17.4 Å². The number of hydrogen-bond donors (Lipinski definition) is 2. The third-order valence-corrected chi connectivity index (χ3v) is 6.78. The van der Waals surface area contributed by atoms with Gasteiger partial charge in [0.1, 0.15) is 5.75 Å². The van der Waals surface area contributed by atoms with Crippen molar-refractivity contribution in [3.63, 3.8) is 0 Å². The fraction of sp³-hybridized carbons (Fsp3) is 0.310. The van der Waals surface area contributed by atoms with E-state index in [2.05, 4.69) is 17.3 Å². The summed E-state index contributed by atoms with van der Waals surface area (Å²) in [7, 11) is 2.17. The highest BCUT2D eigenvalue weighted by Crippen LogP contribution is 2.26. The SMILES string of the molecule is CC(=O)c1ccc(-c2ccc(NC(=O)c3ccc(O)c(CCC4CCCCN4C)c3)cc2)cc1. The maximum atomic E-state index is 12.9. The Bertz CT molecular complexity index is 1150. The minimum Gasteiger partial charge on any atom is -0.508 e. The van der Waals surface area contributed by atoms with Crippen LogP contribution in [0.1, 0.15) is 58.9 Å². The number of rotatable bonds is 7. The average molecular weight is 457 g/mol. The molecule has 3 aromatic carbocycles.